The summed E-state index contributed by atoms with van der Waals surface area (Å²) < 4.78 is 37.3. The predicted octanol–water partition coefficient (Wildman–Crippen LogP) is 1.56. The van der Waals surface area contributed by atoms with Crippen molar-refractivity contribution in [2.24, 2.45) is 0 Å². The summed E-state index contributed by atoms with van der Waals surface area (Å²) in [5.74, 6) is -0.214. The second-order valence-electron chi connectivity index (χ2n) is 4.42. The number of hydrogen-bond donors (Lipinski definition) is 2. The minimum Gasteiger partial charge on any atom is -0.395 e. The van der Waals surface area contributed by atoms with Crippen molar-refractivity contribution < 1.29 is 23.1 Å². The minimum absolute atomic E-state index is 0.0847. The topological polar surface area (TPSA) is 65.5 Å². The fourth-order valence-corrected chi connectivity index (χ4v) is 2.81. The van der Waals surface area contributed by atoms with Gasteiger partial charge in [0.1, 0.15) is 6.04 Å². The molecule has 2 N–H and O–H groups in total. The van der Waals surface area contributed by atoms with Crippen molar-refractivity contribution in [3.05, 3.63) is 11.1 Å². The fourth-order valence-electron chi connectivity index (χ4n) is 2.04. The highest BCUT2D eigenvalue weighted by atomic mass is 32.1. The lowest BCUT2D eigenvalue weighted by atomic mass is 10.1. The monoisotopic (exact) mass is 309 g/mol. The second-order valence-corrected chi connectivity index (χ2v) is 5.28. The molecule has 1 atom stereocenters. The number of alkyl halides is 3. The number of carbonyl (C=O) groups excluding carboxylic acids is 1. The Kier molecular flexibility index (Phi) is 4.48. The lowest BCUT2D eigenvalue weighted by Gasteiger charge is -2.32. The van der Waals surface area contributed by atoms with Gasteiger partial charge in [-0.2, -0.15) is 13.2 Å². The maximum absolute atomic E-state index is 12.4. The molecule has 112 valence electrons. The first-order valence-electron chi connectivity index (χ1n) is 6.10. The van der Waals surface area contributed by atoms with E-state index in [4.69, 9.17) is 5.11 Å². The molecule has 0 aliphatic carbocycles. The molecule has 2 heterocycles. The Morgan fingerprint density at radius 1 is 1.55 bits per heavy atom. The standard InChI is InChI=1S/C11H14F3N3O2S/c12-11(13,14)8-6-20-10(16-8)15-7-2-1-3-17(4-5-18)9(7)19/h6-7,18H,1-5H2,(H,15,16)/t7-/m0/s1. The van der Waals surface area contributed by atoms with Gasteiger partial charge in [-0.1, -0.05) is 0 Å². The van der Waals surface area contributed by atoms with Crippen molar-refractivity contribution in [2.45, 2.75) is 25.1 Å². The third-order valence-corrected chi connectivity index (χ3v) is 3.77. The van der Waals surface area contributed by atoms with Crippen LogP contribution < -0.4 is 5.32 Å². The minimum atomic E-state index is -4.48. The van der Waals surface area contributed by atoms with Crippen molar-refractivity contribution in [1.82, 2.24) is 9.88 Å². The molecule has 0 unspecified atom stereocenters. The van der Waals surface area contributed by atoms with Crippen molar-refractivity contribution in [1.29, 1.82) is 0 Å². The summed E-state index contributed by atoms with van der Waals surface area (Å²) in [5, 5.41) is 12.6. The van der Waals surface area contributed by atoms with Crippen molar-refractivity contribution in [3.8, 4) is 0 Å². The van der Waals surface area contributed by atoms with Gasteiger partial charge in [0.05, 0.1) is 6.61 Å². The Bertz CT molecular complexity index is 476. The van der Waals surface area contributed by atoms with Crippen LogP contribution in [0.5, 0.6) is 0 Å². The summed E-state index contributed by atoms with van der Waals surface area (Å²) in [6.07, 6.45) is -3.20. The van der Waals surface area contributed by atoms with Gasteiger partial charge < -0.3 is 15.3 Å². The van der Waals surface area contributed by atoms with Crippen LogP contribution in [0.15, 0.2) is 5.38 Å². The van der Waals surface area contributed by atoms with Gasteiger partial charge in [-0.15, -0.1) is 11.3 Å². The number of aromatic nitrogens is 1. The van der Waals surface area contributed by atoms with E-state index in [0.29, 0.717) is 13.0 Å². The number of thiazole rings is 1. The first-order valence-corrected chi connectivity index (χ1v) is 6.98. The predicted molar refractivity (Wildman–Crippen MR) is 67.4 cm³/mol. The number of nitrogens with zero attached hydrogens (tertiary/aromatic N) is 2. The van der Waals surface area contributed by atoms with Crippen LogP contribution in [0.25, 0.3) is 0 Å². The smallest absolute Gasteiger partial charge is 0.395 e. The average molecular weight is 309 g/mol. The quantitative estimate of drug-likeness (QED) is 0.886. The zero-order chi connectivity index (χ0) is 14.8. The van der Waals surface area contributed by atoms with Crippen molar-refractivity contribution >= 4 is 22.4 Å². The number of β-amino-alcohol motifs (C(OH)–C–C–N with tert-alkyl or cyclic N) is 1. The molecule has 0 aromatic carbocycles. The van der Waals surface area contributed by atoms with Gasteiger partial charge >= 0.3 is 6.18 Å². The summed E-state index contributed by atoms with van der Waals surface area (Å²) in [5.41, 5.74) is -0.958. The van der Waals surface area contributed by atoms with Crippen molar-refractivity contribution in [2.75, 3.05) is 25.0 Å². The molecule has 20 heavy (non-hydrogen) atoms. The van der Waals surface area contributed by atoms with Crippen LogP contribution in [0.3, 0.4) is 0 Å². The molecule has 1 aromatic heterocycles. The molecule has 0 radical (unpaired) electrons. The molecule has 0 saturated carbocycles. The largest absolute Gasteiger partial charge is 0.434 e. The molecule has 9 heteroatoms. The Morgan fingerprint density at radius 3 is 2.90 bits per heavy atom. The van der Waals surface area contributed by atoms with Crippen LogP contribution in [0.4, 0.5) is 18.3 Å². The number of carbonyl (C=O) groups is 1. The first kappa shape index (κ1) is 15.0. The molecule has 1 amide bonds. The molecule has 1 fully saturated rings. The molecular weight excluding hydrogens is 295 g/mol. The summed E-state index contributed by atoms with van der Waals surface area (Å²) in [7, 11) is 0. The van der Waals surface area contributed by atoms with Crippen LogP contribution in [-0.2, 0) is 11.0 Å². The van der Waals surface area contributed by atoms with Gasteiger partial charge in [0, 0.05) is 18.5 Å². The molecule has 2 rings (SSSR count). The lowest BCUT2D eigenvalue weighted by Crippen LogP contribution is -2.48. The normalized spacial score (nSPS) is 20.3. The maximum Gasteiger partial charge on any atom is 0.434 e. The van der Waals surface area contributed by atoms with Crippen molar-refractivity contribution in [3.63, 3.8) is 0 Å². The van der Waals surface area contributed by atoms with E-state index >= 15 is 0 Å². The van der Waals surface area contributed by atoms with Crippen LogP contribution >= 0.6 is 11.3 Å². The van der Waals surface area contributed by atoms with Crippen LogP contribution in [0.1, 0.15) is 18.5 Å². The summed E-state index contributed by atoms with van der Waals surface area (Å²) in [6.45, 7) is 0.667. The van der Waals surface area contributed by atoms with Gasteiger partial charge in [-0.25, -0.2) is 4.98 Å². The number of piperidine rings is 1. The van der Waals surface area contributed by atoms with Gasteiger partial charge in [0.2, 0.25) is 5.91 Å². The SMILES string of the molecule is O=C1[C@@H](Nc2nc(C(F)(F)F)cs2)CCCN1CCO. The van der Waals surface area contributed by atoms with E-state index < -0.39 is 17.9 Å². The van der Waals surface area contributed by atoms with Gasteiger partial charge in [-0.3, -0.25) is 4.79 Å². The number of anilines is 1. The summed E-state index contributed by atoms with van der Waals surface area (Å²) >= 11 is 0.824. The summed E-state index contributed by atoms with van der Waals surface area (Å²) in [4.78, 5) is 17.0. The molecule has 1 aliphatic rings. The highest BCUT2D eigenvalue weighted by Gasteiger charge is 2.35. The highest BCUT2D eigenvalue weighted by Crippen LogP contribution is 2.32. The second kappa shape index (κ2) is 5.96. The van der Waals surface area contributed by atoms with E-state index in [1.54, 1.807) is 0 Å². The average Bonchev–Trinajstić information content (AvgIpc) is 2.83. The number of nitrogens with one attached hydrogen (secondary N) is 1. The molecule has 1 aromatic rings. The number of likely N-dealkylation sites (tertiary alicyclic amines) is 1. The number of aliphatic hydroxyl groups is 1. The maximum atomic E-state index is 12.4. The van der Waals surface area contributed by atoms with Crippen LogP contribution in [0.2, 0.25) is 0 Å². The highest BCUT2D eigenvalue weighted by molar-refractivity contribution is 7.13. The number of aliphatic hydroxyl groups excluding tert-OH is 1. The Balaban J connectivity index is 2.02. The van der Waals surface area contributed by atoms with Gasteiger partial charge in [0.25, 0.3) is 0 Å². The molecule has 1 saturated heterocycles. The zero-order valence-corrected chi connectivity index (χ0v) is 11.3. The van der Waals surface area contributed by atoms with E-state index in [0.717, 1.165) is 23.1 Å². The Hall–Kier alpha value is -1.35. The van der Waals surface area contributed by atoms with E-state index in [9.17, 15) is 18.0 Å². The van der Waals surface area contributed by atoms with E-state index in [1.165, 1.54) is 4.90 Å². The third-order valence-electron chi connectivity index (χ3n) is 2.99. The number of rotatable bonds is 4. The van der Waals surface area contributed by atoms with Crippen LogP contribution in [-0.4, -0.2) is 46.6 Å². The number of amides is 1. The third kappa shape index (κ3) is 3.40. The lowest BCUT2D eigenvalue weighted by molar-refractivity contribution is -0.140. The first-order chi connectivity index (χ1) is 9.41. The van der Waals surface area contributed by atoms with Crippen LogP contribution in [0, 0.1) is 0 Å². The molecule has 0 bridgehead atoms. The van der Waals surface area contributed by atoms with Gasteiger partial charge in [-0.05, 0) is 12.8 Å². The Labute approximate surface area is 117 Å². The van der Waals surface area contributed by atoms with E-state index in [2.05, 4.69) is 10.3 Å². The van der Waals surface area contributed by atoms with Gasteiger partial charge in [0.15, 0.2) is 10.8 Å². The van der Waals surface area contributed by atoms with E-state index in [1.807, 2.05) is 0 Å². The number of hydrogen-bond acceptors (Lipinski definition) is 5. The number of halogens is 3. The fraction of sp³-hybridized carbons (Fsp3) is 0.636. The molecule has 5 nitrogen and oxygen atoms in total. The molecule has 1 aliphatic heterocycles. The summed E-state index contributed by atoms with van der Waals surface area (Å²) in [6, 6.07) is -0.581. The molecular formula is C11H14F3N3O2S. The Morgan fingerprint density at radius 2 is 2.30 bits per heavy atom. The zero-order valence-electron chi connectivity index (χ0n) is 10.5. The van der Waals surface area contributed by atoms with E-state index in [-0.39, 0.29) is 24.2 Å². The molecule has 0 spiro atoms.